The average molecular weight is 472 g/mol. The number of ether oxygens (including phenoxy) is 1. The van der Waals surface area contributed by atoms with Crippen LogP contribution in [0.4, 0.5) is 5.82 Å². The van der Waals surface area contributed by atoms with Crippen LogP contribution < -0.4 is 16.2 Å². The summed E-state index contributed by atoms with van der Waals surface area (Å²) in [6.07, 6.45) is 3.94. The molecule has 0 saturated carbocycles. The molecular formula is C24H30ClN5O3. The molecule has 33 heavy (non-hydrogen) atoms. The Morgan fingerprint density at radius 3 is 2.55 bits per heavy atom. The Balaban J connectivity index is 1.87. The molecule has 1 fully saturated rings. The first kappa shape index (κ1) is 24.5. The van der Waals surface area contributed by atoms with Crippen LogP contribution in [0.5, 0.6) is 5.75 Å². The highest BCUT2D eigenvalue weighted by Gasteiger charge is 2.27. The first-order valence-corrected chi connectivity index (χ1v) is 11.6. The molecule has 2 amide bonds. The van der Waals surface area contributed by atoms with E-state index in [4.69, 9.17) is 32.9 Å². The third-order valence-corrected chi connectivity index (χ3v) is 5.95. The lowest BCUT2D eigenvalue weighted by Crippen LogP contribution is -2.34. The SMILES string of the molecule is CC#CC(=O)N1CCCC(n2nc(-c3ccc(OCCC)c(Cl)c3)c(C(N)=O)c2N)CCC1. The molecule has 3 rings (SSSR count). The maximum Gasteiger partial charge on any atom is 0.298 e. The largest absolute Gasteiger partial charge is 0.492 e. The van der Waals surface area contributed by atoms with Crippen LogP contribution in [0, 0.1) is 11.8 Å². The topological polar surface area (TPSA) is 116 Å². The van der Waals surface area contributed by atoms with Crippen molar-refractivity contribution in [3.8, 4) is 28.8 Å². The van der Waals surface area contributed by atoms with E-state index < -0.39 is 5.91 Å². The fourth-order valence-corrected chi connectivity index (χ4v) is 4.31. The molecule has 0 atom stereocenters. The summed E-state index contributed by atoms with van der Waals surface area (Å²) in [4.78, 5) is 26.2. The molecule has 8 nitrogen and oxygen atoms in total. The van der Waals surface area contributed by atoms with Gasteiger partial charge in [-0.2, -0.15) is 5.10 Å². The van der Waals surface area contributed by atoms with E-state index >= 15 is 0 Å². The fourth-order valence-electron chi connectivity index (χ4n) is 4.07. The molecule has 1 aliphatic rings. The molecule has 0 bridgehead atoms. The second-order valence-corrected chi connectivity index (χ2v) is 8.42. The van der Waals surface area contributed by atoms with Gasteiger partial charge in [0.05, 0.1) is 17.7 Å². The van der Waals surface area contributed by atoms with Crippen molar-refractivity contribution in [3.05, 3.63) is 28.8 Å². The summed E-state index contributed by atoms with van der Waals surface area (Å²) in [5.74, 6) is 5.30. The molecule has 176 valence electrons. The summed E-state index contributed by atoms with van der Waals surface area (Å²) in [5.41, 5.74) is 13.3. The highest BCUT2D eigenvalue weighted by atomic mass is 35.5. The van der Waals surface area contributed by atoms with Crippen molar-refractivity contribution in [1.82, 2.24) is 14.7 Å². The summed E-state index contributed by atoms with van der Waals surface area (Å²) in [6.45, 7) is 5.47. The van der Waals surface area contributed by atoms with E-state index in [0.717, 1.165) is 32.1 Å². The normalized spacial score (nSPS) is 14.7. The summed E-state index contributed by atoms with van der Waals surface area (Å²) in [6, 6.07) is 5.26. The smallest absolute Gasteiger partial charge is 0.298 e. The highest BCUT2D eigenvalue weighted by Crippen LogP contribution is 2.35. The predicted molar refractivity (Wildman–Crippen MR) is 129 cm³/mol. The lowest BCUT2D eigenvalue weighted by atomic mass is 10.0. The van der Waals surface area contributed by atoms with E-state index in [1.165, 1.54) is 0 Å². The van der Waals surface area contributed by atoms with E-state index in [1.807, 2.05) is 6.92 Å². The van der Waals surface area contributed by atoms with Gasteiger partial charge in [0.25, 0.3) is 11.8 Å². The van der Waals surface area contributed by atoms with Gasteiger partial charge in [0.15, 0.2) is 0 Å². The van der Waals surface area contributed by atoms with Gasteiger partial charge in [0, 0.05) is 18.7 Å². The number of likely N-dealkylation sites (tertiary alicyclic amines) is 1. The molecule has 1 saturated heterocycles. The maximum absolute atomic E-state index is 12.3. The van der Waals surface area contributed by atoms with E-state index in [-0.39, 0.29) is 23.3 Å². The second kappa shape index (κ2) is 11.1. The summed E-state index contributed by atoms with van der Waals surface area (Å²) < 4.78 is 7.34. The first-order chi connectivity index (χ1) is 15.9. The minimum atomic E-state index is -0.642. The zero-order valence-electron chi connectivity index (χ0n) is 19.1. The number of carbonyl (C=O) groups excluding carboxylic acids is 2. The van der Waals surface area contributed by atoms with Gasteiger partial charge < -0.3 is 21.1 Å². The Bertz CT molecular complexity index is 1080. The molecule has 2 aromatic rings. The van der Waals surface area contributed by atoms with Crippen LogP contribution in [-0.4, -0.2) is 46.2 Å². The average Bonchev–Trinajstić information content (AvgIpc) is 3.10. The van der Waals surface area contributed by atoms with E-state index in [9.17, 15) is 9.59 Å². The number of anilines is 1. The number of hydrogen-bond acceptors (Lipinski definition) is 5. The number of hydrogen-bond donors (Lipinski definition) is 2. The number of nitrogen functional groups attached to an aromatic ring is 1. The van der Waals surface area contributed by atoms with Crippen molar-refractivity contribution in [3.63, 3.8) is 0 Å². The van der Waals surface area contributed by atoms with E-state index in [0.29, 0.717) is 41.7 Å². The number of amides is 2. The summed E-state index contributed by atoms with van der Waals surface area (Å²) >= 11 is 6.39. The predicted octanol–water partition coefficient (Wildman–Crippen LogP) is 3.64. The molecule has 0 unspecified atom stereocenters. The van der Waals surface area contributed by atoms with Crippen LogP contribution in [0.3, 0.4) is 0 Å². The molecule has 2 heterocycles. The van der Waals surface area contributed by atoms with Gasteiger partial charge in [-0.3, -0.25) is 9.59 Å². The number of nitrogens with zero attached hydrogens (tertiary/aromatic N) is 3. The quantitative estimate of drug-likeness (QED) is 0.624. The van der Waals surface area contributed by atoms with Crippen LogP contribution in [-0.2, 0) is 4.79 Å². The van der Waals surface area contributed by atoms with Crippen LogP contribution >= 0.6 is 11.6 Å². The third kappa shape index (κ3) is 5.60. The zero-order valence-corrected chi connectivity index (χ0v) is 19.8. The molecule has 1 aromatic heterocycles. The number of halogens is 1. The Labute approximate surface area is 199 Å². The summed E-state index contributed by atoms with van der Waals surface area (Å²) in [7, 11) is 0. The lowest BCUT2D eigenvalue weighted by molar-refractivity contribution is -0.125. The maximum atomic E-state index is 12.3. The van der Waals surface area contributed by atoms with Gasteiger partial charge in [-0.15, -0.1) is 0 Å². The van der Waals surface area contributed by atoms with E-state index in [2.05, 4.69) is 11.8 Å². The molecule has 9 heteroatoms. The van der Waals surface area contributed by atoms with Crippen molar-refractivity contribution in [2.45, 2.75) is 52.0 Å². The number of aromatic nitrogens is 2. The van der Waals surface area contributed by atoms with Crippen LogP contribution in [0.15, 0.2) is 18.2 Å². The molecule has 1 aromatic carbocycles. The Kier molecular flexibility index (Phi) is 8.23. The molecule has 4 N–H and O–H groups in total. The van der Waals surface area contributed by atoms with Crippen LogP contribution in [0.25, 0.3) is 11.3 Å². The molecule has 0 radical (unpaired) electrons. The van der Waals surface area contributed by atoms with Crippen molar-refractivity contribution in [1.29, 1.82) is 0 Å². The van der Waals surface area contributed by atoms with Crippen LogP contribution in [0.2, 0.25) is 5.02 Å². The molecule has 0 aliphatic carbocycles. The van der Waals surface area contributed by atoms with Gasteiger partial charge in [-0.05, 0) is 63.1 Å². The molecular weight excluding hydrogens is 442 g/mol. The van der Waals surface area contributed by atoms with Gasteiger partial charge in [-0.1, -0.05) is 24.4 Å². The Morgan fingerprint density at radius 2 is 1.97 bits per heavy atom. The van der Waals surface area contributed by atoms with Crippen LogP contribution in [0.1, 0.15) is 62.4 Å². The Hall–Kier alpha value is -3.18. The Morgan fingerprint density at radius 1 is 1.27 bits per heavy atom. The first-order valence-electron chi connectivity index (χ1n) is 11.2. The lowest BCUT2D eigenvalue weighted by Gasteiger charge is -2.27. The number of nitrogens with two attached hydrogens (primary N) is 2. The van der Waals surface area contributed by atoms with E-state index in [1.54, 1.807) is 34.7 Å². The van der Waals surface area contributed by atoms with Gasteiger partial charge in [0.2, 0.25) is 0 Å². The third-order valence-electron chi connectivity index (χ3n) is 5.66. The number of carbonyl (C=O) groups is 2. The molecule has 1 aliphatic heterocycles. The number of rotatable bonds is 6. The molecule has 0 spiro atoms. The van der Waals surface area contributed by atoms with Crippen molar-refractivity contribution < 1.29 is 14.3 Å². The number of primary amides is 1. The fraction of sp³-hybridized carbons (Fsp3) is 0.458. The van der Waals surface area contributed by atoms with Gasteiger partial charge >= 0.3 is 0 Å². The van der Waals surface area contributed by atoms with Gasteiger partial charge in [0.1, 0.15) is 22.8 Å². The minimum absolute atomic E-state index is 0.00556. The zero-order chi connectivity index (χ0) is 24.0. The number of benzene rings is 1. The minimum Gasteiger partial charge on any atom is -0.492 e. The van der Waals surface area contributed by atoms with Crippen molar-refractivity contribution in [2.24, 2.45) is 5.73 Å². The van der Waals surface area contributed by atoms with Crippen molar-refractivity contribution >= 4 is 29.2 Å². The highest BCUT2D eigenvalue weighted by molar-refractivity contribution is 6.32. The summed E-state index contributed by atoms with van der Waals surface area (Å²) in [5, 5.41) is 5.13. The van der Waals surface area contributed by atoms with Gasteiger partial charge in [-0.25, -0.2) is 4.68 Å². The second-order valence-electron chi connectivity index (χ2n) is 8.02. The van der Waals surface area contributed by atoms with Crippen molar-refractivity contribution in [2.75, 3.05) is 25.4 Å². The monoisotopic (exact) mass is 471 g/mol. The standard InChI is InChI=1S/C24H30ClN5O3/c1-3-7-20(31)29-12-5-8-17(9-6-13-29)30-23(26)21(24(27)32)22(28-30)16-10-11-19(18(25)15-16)33-14-4-2/h10-11,15,17H,4-6,8-9,12-14,26H2,1-2H3,(H2,27,32).